The zero-order valence-corrected chi connectivity index (χ0v) is 13.0. The fraction of sp³-hybridized carbons (Fsp3) is 0.273. The van der Waals surface area contributed by atoms with Crippen LogP contribution < -0.4 is 5.32 Å². The van der Waals surface area contributed by atoms with Crippen LogP contribution in [0.3, 0.4) is 0 Å². The van der Waals surface area contributed by atoms with Crippen LogP contribution in [0.2, 0.25) is 0 Å². The second kappa shape index (κ2) is 6.34. The van der Waals surface area contributed by atoms with E-state index in [1.54, 1.807) is 19.1 Å². The largest absolute Gasteiger partial charge is 0.467 e. The van der Waals surface area contributed by atoms with Crippen molar-refractivity contribution in [2.24, 2.45) is 0 Å². The molecule has 0 fully saturated rings. The predicted octanol–water partition coefficient (Wildman–Crippen LogP) is 2.34. The van der Waals surface area contributed by atoms with Crippen molar-refractivity contribution in [3.63, 3.8) is 0 Å². The van der Waals surface area contributed by atoms with Gasteiger partial charge in [0.2, 0.25) is 0 Å². The van der Waals surface area contributed by atoms with E-state index in [0.717, 1.165) is 3.57 Å². The van der Waals surface area contributed by atoms with Gasteiger partial charge < -0.3 is 10.1 Å². The summed E-state index contributed by atoms with van der Waals surface area (Å²) in [6.45, 7) is 1.57. The minimum Gasteiger partial charge on any atom is -0.467 e. The van der Waals surface area contributed by atoms with Crippen LogP contribution in [0.5, 0.6) is 0 Å². The Morgan fingerprint density at radius 3 is 2.71 bits per heavy atom. The van der Waals surface area contributed by atoms with Crippen LogP contribution in [0.1, 0.15) is 17.3 Å². The zero-order valence-electron chi connectivity index (χ0n) is 9.29. The zero-order chi connectivity index (χ0) is 13.0. The highest BCUT2D eigenvalue weighted by atomic mass is 127. The number of rotatable bonds is 3. The molecule has 0 aromatic heterocycles. The van der Waals surface area contributed by atoms with Gasteiger partial charge in [-0.2, -0.15) is 0 Å². The molecular formula is C11H11BrINO3. The van der Waals surface area contributed by atoms with E-state index in [2.05, 4.69) is 48.6 Å². The van der Waals surface area contributed by atoms with E-state index in [1.807, 2.05) is 6.07 Å². The van der Waals surface area contributed by atoms with E-state index in [9.17, 15) is 9.59 Å². The molecule has 0 aliphatic heterocycles. The van der Waals surface area contributed by atoms with E-state index in [-0.39, 0.29) is 5.91 Å². The van der Waals surface area contributed by atoms with Gasteiger partial charge in [0, 0.05) is 8.04 Å². The summed E-state index contributed by atoms with van der Waals surface area (Å²) in [7, 11) is 1.28. The molecular weight excluding hydrogens is 401 g/mol. The highest BCUT2D eigenvalue weighted by Gasteiger charge is 2.18. The van der Waals surface area contributed by atoms with Crippen LogP contribution in [0.15, 0.2) is 22.7 Å². The van der Waals surface area contributed by atoms with Gasteiger partial charge in [-0.15, -0.1) is 0 Å². The monoisotopic (exact) mass is 411 g/mol. The summed E-state index contributed by atoms with van der Waals surface area (Å²) < 4.78 is 6.17. The first-order valence-electron chi connectivity index (χ1n) is 4.79. The van der Waals surface area contributed by atoms with E-state index in [0.29, 0.717) is 10.0 Å². The minimum atomic E-state index is -0.669. The van der Waals surface area contributed by atoms with E-state index >= 15 is 0 Å². The molecule has 6 heteroatoms. The summed E-state index contributed by atoms with van der Waals surface area (Å²) in [6.07, 6.45) is 0. The molecule has 1 aromatic rings. The number of halogens is 2. The molecule has 0 aliphatic rings. The number of amides is 1. The van der Waals surface area contributed by atoms with Crippen molar-refractivity contribution < 1.29 is 14.3 Å². The summed E-state index contributed by atoms with van der Waals surface area (Å²) in [4.78, 5) is 23.1. The summed E-state index contributed by atoms with van der Waals surface area (Å²) in [5.41, 5.74) is 0.493. The maximum Gasteiger partial charge on any atom is 0.328 e. The van der Waals surface area contributed by atoms with Crippen molar-refractivity contribution in [3.8, 4) is 0 Å². The first-order chi connectivity index (χ1) is 7.95. The summed E-state index contributed by atoms with van der Waals surface area (Å²) in [6, 6.07) is 4.74. The average molecular weight is 412 g/mol. The number of hydrogen-bond donors (Lipinski definition) is 1. The Bertz CT molecular complexity index is 450. The normalized spacial score (nSPS) is 11.8. The number of methoxy groups -OCH3 is 1. The van der Waals surface area contributed by atoms with E-state index in [4.69, 9.17) is 0 Å². The van der Waals surface area contributed by atoms with Crippen LogP contribution in [-0.4, -0.2) is 25.0 Å². The van der Waals surface area contributed by atoms with Crippen molar-refractivity contribution in [2.75, 3.05) is 7.11 Å². The molecule has 1 amide bonds. The fourth-order valence-electron chi connectivity index (χ4n) is 1.18. The maximum absolute atomic E-state index is 11.9. The molecule has 0 heterocycles. The van der Waals surface area contributed by atoms with Crippen molar-refractivity contribution in [3.05, 3.63) is 31.8 Å². The Hall–Kier alpha value is -0.630. The Morgan fingerprint density at radius 2 is 2.12 bits per heavy atom. The molecule has 0 spiro atoms. The second-order valence-corrected chi connectivity index (χ2v) is 5.44. The Balaban J connectivity index is 2.83. The van der Waals surface area contributed by atoms with Gasteiger partial charge in [-0.1, -0.05) is 0 Å². The van der Waals surface area contributed by atoms with Gasteiger partial charge in [0.25, 0.3) is 5.91 Å². The Labute approximate surface area is 121 Å². The Morgan fingerprint density at radius 1 is 1.47 bits per heavy atom. The number of carbonyl (C=O) groups excluding carboxylic acids is 2. The van der Waals surface area contributed by atoms with Crippen molar-refractivity contribution in [1.82, 2.24) is 5.32 Å². The van der Waals surface area contributed by atoms with E-state index < -0.39 is 12.0 Å². The molecule has 1 rings (SSSR count). The molecule has 17 heavy (non-hydrogen) atoms. The third-order valence-electron chi connectivity index (χ3n) is 2.08. The number of esters is 1. The number of ether oxygens (including phenoxy) is 1. The molecule has 0 aliphatic carbocycles. The standard InChI is InChI=1S/C11H11BrINO3/c1-6(11(16)17-2)14-10(15)8-5-7(13)3-4-9(8)12/h3-6H,1-2H3,(H,14,15). The van der Waals surface area contributed by atoms with Crippen LogP contribution in [0.4, 0.5) is 0 Å². The minimum absolute atomic E-state index is 0.312. The maximum atomic E-state index is 11.9. The van der Waals surface area contributed by atoms with Gasteiger partial charge in [-0.05, 0) is 63.6 Å². The third kappa shape index (κ3) is 3.95. The van der Waals surface area contributed by atoms with Gasteiger partial charge in [0.05, 0.1) is 12.7 Å². The number of carbonyl (C=O) groups is 2. The molecule has 1 N–H and O–H groups in total. The van der Waals surface area contributed by atoms with Crippen LogP contribution in [-0.2, 0) is 9.53 Å². The molecule has 1 unspecified atom stereocenters. The first-order valence-corrected chi connectivity index (χ1v) is 6.66. The van der Waals surface area contributed by atoms with Gasteiger partial charge in [-0.25, -0.2) is 4.79 Å². The molecule has 1 atom stereocenters. The second-order valence-electron chi connectivity index (χ2n) is 3.34. The highest BCUT2D eigenvalue weighted by molar-refractivity contribution is 14.1. The lowest BCUT2D eigenvalue weighted by atomic mass is 10.2. The van der Waals surface area contributed by atoms with Crippen molar-refractivity contribution >= 4 is 50.4 Å². The number of nitrogens with one attached hydrogen (secondary N) is 1. The van der Waals surface area contributed by atoms with E-state index in [1.165, 1.54) is 7.11 Å². The van der Waals surface area contributed by atoms with Gasteiger partial charge in [0.1, 0.15) is 6.04 Å². The third-order valence-corrected chi connectivity index (χ3v) is 3.44. The smallest absolute Gasteiger partial charge is 0.328 e. The lowest BCUT2D eigenvalue weighted by Crippen LogP contribution is -2.39. The SMILES string of the molecule is COC(=O)C(C)NC(=O)c1cc(I)ccc1Br. The van der Waals surface area contributed by atoms with Crippen molar-refractivity contribution in [2.45, 2.75) is 13.0 Å². The molecule has 0 saturated carbocycles. The van der Waals surface area contributed by atoms with Crippen LogP contribution in [0, 0.1) is 3.57 Å². The van der Waals surface area contributed by atoms with Crippen LogP contribution in [0.25, 0.3) is 0 Å². The molecule has 92 valence electrons. The molecule has 0 radical (unpaired) electrons. The summed E-state index contributed by atoms with van der Waals surface area (Å²) >= 11 is 5.41. The average Bonchev–Trinajstić information content (AvgIpc) is 2.30. The number of hydrogen-bond acceptors (Lipinski definition) is 3. The van der Waals surface area contributed by atoms with Crippen molar-refractivity contribution in [1.29, 1.82) is 0 Å². The number of benzene rings is 1. The van der Waals surface area contributed by atoms with Gasteiger partial charge in [-0.3, -0.25) is 4.79 Å². The fourth-order valence-corrected chi connectivity index (χ4v) is 2.10. The lowest BCUT2D eigenvalue weighted by Gasteiger charge is -2.12. The first kappa shape index (κ1) is 14.4. The molecule has 4 nitrogen and oxygen atoms in total. The molecule has 0 saturated heterocycles. The highest BCUT2D eigenvalue weighted by Crippen LogP contribution is 2.19. The summed E-state index contributed by atoms with van der Waals surface area (Å²) in [5, 5.41) is 2.57. The Kier molecular flexibility index (Phi) is 5.38. The molecule has 1 aromatic carbocycles. The quantitative estimate of drug-likeness (QED) is 0.613. The topological polar surface area (TPSA) is 55.4 Å². The van der Waals surface area contributed by atoms with Gasteiger partial charge in [0.15, 0.2) is 0 Å². The lowest BCUT2D eigenvalue weighted by molar-refractivity contribution is -0.142. The summed E-state index contributed by atoms with van der Waals surface area (Å²) in [5.74, 6) is -0.784. The predicted molar refractivity (Wildman–Crippen MR) is 75.8 cm³/mol. The molecule has 0 bridgehead atoms. The van der Waals surface area contributed by atoms with Crippen LogP contribution >= 0.6 is 38.5 Å². The van der Waals surface area contributed by atoms with Gasteiger partial charge >= 0.3 is 5.97 Å².